The van der Waals surface area contributed by atoms with E-state index in [4.69, 9.17) is 5.73 Å². The Hall–Kier alpha value is -3.52. The summed E-state index contributed by atoms with van der Waals surface area (Å²) >= 11 is 0. The fraction of sp³-hybridized carbons (Fsp3) is 0.130. The summed E-state index contributed by atoms with van der Waals surface area (Å²) in [7, 11) is -4.56. The first kappa shape index (κ1) is 22.2. The van der Waals surface area contributed by atoms with Crippen LogP contribution < -0.4 is 11.1 Å². The van der Waals surface area contributed by atoms with E-state index in [-0.39, 0.29) is 6.54 Å². The molecule has 0 atom stereocenters. The predicted molar refractivity (Wildman–Crippen MR) is 124 cm³/mol. The van der Waals surface area contributed by atoms with Crippen LogP contribution in [0.15, 0.2) is 84.1 Å². The number of benzene rings is 2. The van der Waals surface area contributed by atoms with E-state index >= 15 is 0 Å². The van der Waals surface area contributed by atoms with Gasteiger partial charge in [-0.2, -0.15) is 8.42 Å². The molecule has 0 unspecified atom stereocenters. The quantitative estimate of drug-likeness (QED) is 0.388. The van der Waals surface area contributed by atoms with Gasteiger partial charge in [-0.15, -0.1) is 3.89 Å². The molecule has 0 saturated heterocycles. The Morgan fingerprint density at radius 3 is 2.61 bits per heavy atom. The first-order valence-corrected chi connectivity index (χ1v) is 11.2. The number of nitrogens with two attached hydrogens (primary N) is 1. The van der Waals surface area contributed by atoms with Crippen molar-refractivity contribution in [2.45, 2.75) is 6.54 Å². The van der Waals surface area contributed by atoms with Gasteiger partial charge < -0.3 is 11.1 Å². The molecule has 2 aromatic carbocycles. The first-order valence-electron chi connectivity index (χ1n) is 9.63. The number of rotatable bonds is 9. The number of allylic oxidation sites excluding steroid dienone is 1. The summed E-state index contributed by atoms with van der Waals surface area (Å²) in [6, 6.07) is 19.2. The number of hydrogen-bond acceptors (Lipinski definition) is 6. The minimum atomic E-state index is -4.56. The second-order valence-corrected chi connectivity index (χ2v) is 8.26. The van der Waals surface area contributed by atoms with Crippen LogP contribution in [-0.2, 0) is 16.8 Å². The third-order valence-electron chi connectivity index (χ3n) is 4.46. The van der Waals surface area contributed by atoms with Gasteiger partial charge >= 0.3 is 10.2 Å². The Morgan fingerprint density at radius 1 is 1.10 bits per heavy atom. The number of nitrogens with zero attached hydrogens (tertiary/aromatic N) is 2. The number of halogens is 1. The molecule has 1 aromatic heterocycles. The Balaban J connectivity index is 1.84. The van der Waals surface area contributed by atoms with Crippen molar-refractivity contribution in [2.24, 2.45) is 10.7 Å². The van der Waals surface area contributed by atoms with E-state index in [0.717, 1.165) is 16.7 Å². The standard InChI is InChI=1S/C23H23FN4O2S/c24-31(29,30)14-13-28-23-9-8-20(19-6-2-1-3-7-19)15-21(23)22(25)10-12-27-17-18-5-4-11-26-16-18/h1-12,15-16,28H,13-14,17,25H2. The van der Waals surface area contributed by atoms with Crippen LogP contribution >= 0.6 is 0 Å². The highest BCUT2D eigenvalue weighted by Crippen LogP contribution is 2.28. The lowest BCUT2D eigenvalue weighted by molar-refractivity contribution is 0.552. The Bertz CT molecular complexity index is 1160. The van der Waals surface area contributed by atoms with Gasteiger partial charge in [0, 0.05) is 42.1 Å². The second-order valence-electron chi connectivity index (χ2n) is 6.77. The van der Waals surface area contributed by atoms with Crippen LogP contribution in [-0.4, -0.2) is 31.9 Å². The largest absolute Gasteiger partial charge is 0.398 e. The summed E-state index contributed by atoms with van der Waals surface area (Å²) in [6.45, 7) is 0.403. The van der Waals surface area contributed by atoms with E-state index in [0.29, 0.717) is 23.5 Å². The summed E-state index contributed by atoms with van der Waals surface area (Å²) in [5.41, 5.74) is 11.0. The monoisotopic (exact) mass is 438 g/mol. The number of anilines is 1. The number of hydrogen-bond donors (Lipinski definition) is 2. The molecule has 160 valence electrons. The van der Waals surface area contributed by atoms with Crippen LogP contribution in [0.4, 0.5) is 9.57 Å². The van der Waals surface area contributed by atoms with E-state index in [1.807, 2.05) is 54.6 Å². The van der Waals surface area contributed by atoms with E-state index in [1.165, 1.54) is 0 Å². The van der Waals surface area contributed by atoms with Gasteiger partial charge in [-0.1, -0.05) is 42.5 Å². The van der Waals surface area contributed by atoms with Gasteiger partial charge in [0.25, 0.3) is 0 Å². The lowest BCUT2D eigenvalue weighted by atomic mass is 10.00. The van der Waals surface area contributed by atoms with Crippen molar-refractivity contribution >= 4 is 27.8 Å². The molecule has 6 nitrogen and oxygen atoms in total. The predicted octanol–water partition coefficient (Wildman–Crippen LogP) is 4.03. The molecule has 0 radical (unpaired) electrons. The van der Waals surface area contributed by atoms with Crippen molar-refractivity contribution in [3.63, 3.8) is 0 Å². The number of aromatic nitrogens is 1. The zero-order valence-electron chi connectivity index (χ0n) is 16.8. The summed E-state index contributed by atoms with van der Waals surface area (Å²) in [4.78, 5) is 8.39. The highest BCUT2D eigenvalue weighted by molar-refractivity contribution is 7.86. The van der Waals surface area contributed by atoms with E-state index in [9.17, 15) is 12.3 Å². The minimum Gasteiger partial charge on any atom is -0.398 e. The molecule has 0 amide bonds. The van der Waals surface area contributed by atoms with Gasteiger partial charge in [-0.25, -0.2) is 0 Å². The van der Waals surface area contributed by atoms with Crippen molar-refractivity contribution in [1.82, 2.24) is 4.98 Å². The van der Waals surface area contributed by atoms with Crippen LogP contribution in [0, 0.1) is 0 Å². The fourth-order valence-electron chi connectivity index (χ4n) is 2.93. The van der Waals surface area contributed by atoms with E-state index in [2.05, 4.69) is 15.3 Å². The number of pyridine rings is 1. The van der Waals surface area contributed by atoms with E-state index in [1.54, 1.807) is 30.8 Å². The first-order chi connectivity index (χ1) is 14.9. The lowest BCUT2D eigenvalue weighted by Crippen LogP contribution is -2.13. The van der Waals surface area contributed by atoms with Crippen molar-refractivity contribution < 1.29 is 12.3 Å². The van der Waals surface area contributed by atoms with Crippen molar-refractivity contribution in [3.05, 3.63) is 90.3 Å². The molecule has 0 aliphatic rings. The Morgan fingerprint density at radius 2 is 1.90 bits per heavy atom. The maximum Gasteiger partial charge on any atom is 0.304 e. The fourth-order valence-corrected chi connectivity index (χ4v) is 3.27. The van der Waals surface area contributed by atoms with Crippen LogP contribution in [0.3, 0.4) is 0 Å². The molecule has 3 rings (SSSR count). The normalized spacial score (nSPS) is 12.2. The minimum absolute atomic E-state index is 0.0705. The molecule has 1 heterocycles. The third kappa shape index (κ3) is 7.04. The Labute approximate surface area is 181 Å². The molecule has 31 heavy (non-hydrogen) atoms. The third-order valence-corrected chi connectivity index (χ3v) is 5.15. The van der Waals surface area contributed by atoms with E-state index < -0.39 is 16.0 Å². The molecule has 0 saturated carbocycles. The molecule has 0 fully saturated rings. The van der Waals surface area contributed by atoms with Crippen LogP contribution in [0.25, 0.3) is 16.8 Å². The van der Waals surface area contributed by atoms with Crippen LogP contribution in [0.1, 0.15) is 11.1 Å². The molecule has 3 N–H and O–H groups in total. The zero-order chi connectivity index (χ0) is 22.1. The summed E-state index contributed by atoms with van der Waals surface area (Å²) in [5, 5.41) is 2.95. The van der Waals surface area contributed by atoms with Crippen molar-refractivity contribution in [1.29, 1.82) is 0 Å². The Kier molecular flexibility index (Phi) is 7.50. The topological polar surface area (TPSA) is 97.4 Å². The van der Waals surface area contributed by atoms with Gasteiger partial charge in [0.15, 0.2) is 0 Å². The summed E-state index contributed by atoms with van der Waals surface area (Å²) in [6.07, 6.45) is 6.74. The summed E-state index contributed by atoms with van der Waals surface area (Å²) in [5.74, 6) is -0.622. The molecule has 0 aliphatic carbocycles. The average Bonchev–Trinajstić information content (AvgIpc) is 2.77. The highest BCUT2D eigenvalue weighted by atomic mass is 32.3. The highest BCUT2D eigenvalue weighted by Gasteiger charge is 2.10. The maximum atomic E-state index is 12.9. The SMILES string of the molecule is NC(=CC=NCc1cccnc1)c1cc(-c2ccccc2)ccc1NCCS(=O)(=O)F. The number of aliphatic imine (C=N–C) groups is 1. The molecular formula is C23H23FN4O2S. The molecule has 0 spiro atoms. The van der Waals surface area contributed by atoms with Crippen molar-refractivity contribution in [3.8, 4) is 11.1 Å². The maximum absolute atomic E-state index is 12.9. The molecule has 0 aliphatic heterocycles. The smallest absolute Gasteiger partial charge is 0.304 e. The average molecular weight is 439 g/mol. The van der Waals surface area contributed by atoms with Crippen LogP contribution in [0.5, 0.6) is 0 Å². The van der Waals surface area contributed by atoms with Crippen LogP contribution in [0.2, 0.25) is 0 Å². The molecule has 0 bridgehead atoms. The van der Waals surface area contributed by atoms with Gasteiger partial charge in [-0.05, 0) is 41.0 Å². The summed E-state index contributed by atoms with van der Waals surface area (Å²) < 4.78 is 34.5. The lowest BCUT2D eigenvalue weighted by Gasteiger charge is -2.14. The molecule has 3 aromatic rings. The van der Waals surface area contributed by atoms with Gasteiger partial charge in [0.2, 0.25) is 0 Å². The molecule has 8 heteroatoms. The van der Waals surface area contributed by atoms with Crippen molar-refractivity contribution in [2.75, 3.05) is 17.6 Å². The van der Waals surface area contributed by atoms with Gasteiger partial charge in [0.05, 0.1) is 12.3 Å². The molecular weight excluding hydrogens is 415 g/mol. The second kappa shape index (κ2) is 10.5. The van der Waals surface area contributed by atoms with Gasteiger partial charge in [-0.3, -0.25) is 9.98 Å². The number of nitrogens with one attached hydrogen (secondary N) is 1. The van der Waals surface area contributed by atoms with Gasteiger partial charge in [0.1, 0.15) is 0 Å². The zero-order valence-corrected chi connectivity index (χ0v) is 17.6.